The summed E-state index contributed by atoms with van der Waals surface area (Å²) in [4.78, 5) is 0. The van der Waals surface area contributed by atoms with Crippen molar-refractivity contribution in [2.75, 3.05) is 6.61 Å². The van der Waals surface area contributed by atoms with E-state index in [1.807, 2.05) is 0 Å². The first-order chi connectivity index (χ1) is 8.84. The predicted octanol–water partition coefficient (Wildman–Crippen LogP) is -1.52. The zero-order valence-electron chi connectivity index (χ0n) is 10.4. The van der Waals surface area contributed by atoms with Gasteiger partial charge in [0, 0.05) is 0 Å². The SMILES string of the molecule is [2H]C1(O)O[C@H](CO)[C@@H](O)[C@H](O)[C@]1([Se])c1ccccc1. The molecule has 0 spiro atoms. The molecule has 4 N–H and O–H groups in total. The maximum absolute atomic E-state index is 10.2. The van der Waals surface area contributed by atoms with Crippen LogP contribution < -0.4 is 0 Å². The molecule has 1 saturated heterocycles. The normalized spacial score (nSPS) is 45.6. The molecule has 0 aliphatic carbocycles. The van der Waals surface area contributed by atoms with E-state index in [0.717, 1.165) is 0 Å². The quantitative estimate of drug-likeness (QED) is 0.497. The van der Waals surface area contributed by atoms with Crippen molar-refractivity contribution in [3.63, 3.8) is 0 Å². The molecule has 1 aromatic carbocycles. The van der Waals surface area contributed by atoms with Crippen molar-refractivity contribution in [3.05, 3.63) is 35.9 Å². The van der Waals surface area contributed by atoms with E-state index in [0.29, 0.717) is 5.56 Å². The Morgan fingerprint density at radius 1 is 1.28 bits per heavy atom. The first-order valence-electron chi connectivity index (χ1n) is 5.97. The fourth-order valence-electron chi connectivity index (χ4n) is 2.00. The summed E-state index contributed by atoms with van der Waals surface area (Å²) in [5.41, 5.74) is 0.412. The summed E-state index contributed by atoms with van der Waals surface area (Å²) < 4.78 is 11.2. The number of hydrogen-bond acceptors (Lipinski definition) is 5. The summed E-state index contributed by atoms with van der Waals surface area (Å²) in [5, 5.41) is 39.4. The zero-order valence-corrected chi connectivity index (χ0v) is 11.1. The molecule has 2 rings (SSSR count). The molecule has 0 aromatic heterocycles. The molecule has 6 heteroatoms. The van der Waals surface area contributed by atoms with Crippen LogP contribution in [0.15, 0.2) is 30.3 Å². The Morgan fingerprint density at radius 2 is 1.89 bits per heavy atom. The van der Waals surface area contributed by atoms with E-state index >= 15 is 0 Å². The Hall–Kier alpha value is -0.461. The van der Waals surface area contributed by atoms with Gasteiger partial charge in [-0.1, -0.05) is 0 Å². The van der Waals surface area contributed by atoms with Crippen LogP contribution in [0.5, 0.6) is 0 Å². The summed E-state index contributed by atoms with van der Waals surface area (Å²) in [5.74, 6) is 0. The Morgan fingerprint density at radius 3 is 2.44 bits per heavy atom. The molecule has 1 heterocycles. The van der Waals surface area contributed by atoms with Crippen molar-refractivity contribution >= 4 is 16.0 Å². The van der Waals surface area contributed by atoms with Crippen LogP contribution >= 0.6 is 0 Å². The van der Waals surface area contributed by atoms with Gasteiger partial charge >= 0.3 is 114 Å². The van der Waals surface area contributed by atoms with Gasteiger partial charge in [0.25, 0.3) is 0 Å². The summed E-state index contributed by atoms with van der Waals surface area (Å²) in [6.07, 6.45) is -6.65. The minimum absolute atomic E-state index is 0.412. The van der Waals surface area contributed by atoms with Crippen molar-refractivity contribution in [2.45, 2.75) is 28.9 Å². The summed E-state index contributed by atoms with van der Waals surface area (Å²) in [6.45, 7) is -0.607. The van der Waals surface area contributed by atoms with E-state index in [9.17, 15) is 15.3 Å². The molecule has 0 bridgehead atoms. The molecule has 1 aliphatic heterocycles. The van der Waals surface area contributed by atoms with E-state index in [1.54, 1.807) is 30.3 Å². The van der Waals surface area contributed by atoms with Gasteiger partial charge in [-0.15, -0.1) is 0 Å². The Kier molecular flexibility index (Phi) is 3.68. The predicted molar refractivity (Wildman–Crippen MR) is 63.9 cm³/mol. The van der Waals surface area contributed by atoms with Crippen molar-refractivity contribution in [1.29, 1.82) is 0 Å². The van der Waals surface area contributed by atoms with E-state index < -0.39 is 35.5 Å². The Labute approximate surface area is 114 Å². The first kappa shape index (κ1) is 12.6. The number of hydrogen-bond donors (Lipinski definition) is 4. The topological polar surface area (TPSA) is 90.2 Å². The first-order valence-corrected chi connectivity index (χ1v) is 6.33. The third-order valence-corrected chi connectivity index (χ3v) is 4.45. The average Bonchev–Trinajstić information content (AvgIpc) is 2.41. The van der Waals surface area contributed by atoms with E-state index in [4.69, 9.17) is 11.2 Å². The molecule has 1 unspecified atom stereocenters. The monoisotopic (exact) mass is 320 g/mol. The van der Waals surface area contributed by atoms with Gasteiger partial charge < -0.3 is 0 Å². The fraction of sp³-hybridized carbons (Fsp3) is 0.500. The second-order valence-electron chi connectivity index (χ2n) is 4.18. The third kappa shape index (κ3) is 2.10. The van der Waals surface area contributed by atoms with Crippen molar-refractivity contribution < 1.29 is 26.5 Å². The molecule has 1 aliphatic rings. The van der Waals surface area contributed by atoms with Crippen LogP contribution in [0.4, 0.5) is 0 Å². The van der Waals surface area contributed by atoms with Crippen molar-refractivity contribution in [1.82, 2.24) is 0 Å². The van der Waals surface area contributed by atoms with Gasteiger partial charge in [0.05, 0.1) is 0 Å². The second-order valence-corrected chi connectivity index (χ2v) is 5.53. The van der Waals surface area contributed by atoms with Crippen molar-refractivity contribution in [3.8, 4) is 0 Å². The van der Waals surface area contributed by atoms with Gasteiger partial charge in [-0.25, -0.2) is 0 Å². The minimum atomic E-state index is -2.51. The number of aliphatic hydroxyl groups excluding tert-OH is 3. The summed E-state index contributed by atoms with van der Waals surface area (Å²) in [7, 11) is 0. The van der Waals surface area contributed by atoms with Crippen LogP contribution in [0.3, 0.4) is 0 Å². The zero-order chi connectivity index (χ0) is 14.3. The molecule has 18 heavy (non-hydrogen) atoms. The van der Waals surface area contributed by atoms with Crippen LogP contribution in [0.2, 0.25) is 0 Å². The maximum atomic E-state index is 10.2. The Balaban J connectivity index is 2.48. The molecule has 1 aromatic rings. The van der Waals surface area contributed by atoms with E-state index in [1.165, 1.54) is 0 Å². The average molecular weight is 319 g/mol. The summed E-state index contributed by atoms with van der Waals surface area (Å²) >= 11 is 2.57. The molecular formula is C12H15O5Se. The number of aliphatic hydroxyl groups is 4. The number of ether oxygens (including phenoxy) is 1. The molecular weight excluding hydrogens is 303 g/mol. The Bertz CT molecular complexity index is 443. The fourth-order valence-corrected chi connectivity index (χ4v) is 2.68. The molecule has 1 radical (unpaired) electrons. The second kappa shape index (κ2) is 5.27. The third-order valence-electron chi connectivity index (χ3n) is 3.08. The van der Waals surface area contributed by atoms with Crippen LogP contribution in [0, 0.1) is 0 Å². The van der Waals surface area contributed by atoms with Crippen molar-refractivity contribution in [2.24, 2.45) is 0 Å². The van der Waals surface area contributed by atoms with Gasteiger partial charge in [0.15, 0.2) is 0 Å². The van der Waals surface area contributed by atoms with Crippen LogP contribution in [0.25, 0.3) is 0 Å². The molecule has 0 amide bonds. The summed E-state index contributed by atoms with van der Waals surface area (Å²) in [6, 6.07) is 8.32. The molecule has 5 nitrogen and oxygen atoms in total. The molecule has 99 valence electrons. The molecule has 0 saturated carbocycles. The van der Waals surface area contributed by atoms with Gasteiger partial charge in [-0.05, 0) is 0 Å². The molecule has 5 atom stereocenters. The van der Waals surface area contributed by atoms with Gasteiger partial charge in [-0.2, -0.15) is 0 Å². The number of benzene rings is 1. The van der Waals surface area contributed by atoms with Crippen LogP contribution in [-0.4, -0.2) is 67.6 Å². The van der Waals surface area contributed by atoms with Crippen LogP contribution in [0.1, 0.15) is 6.93 Å². The van der Waals surface area contributed by atoms with Gasteiger partial charge in [0.1, 0.15) is 0 Å². The van der Waals surface area contributed by atoms with Gasteiger partial charge in [-0.3, -0.25) is 0 Å². The van der Waals surface area contributed by atoms with E-state index in [2.05, 4.69) is 16.0 Å². The standard InChI is InChI=1S/C12H15O5Se/c13-6-8-9(14)10(15)12(18,11(16)17-8)7-4-2-1-3-5-7/h1-5,8-11,13-16H,6H2/t8-,9-,10+,11?,12-/m1/s1/i11D. The van der Waals surface area contributed by atoms with Crippen LogP contribution in [-0.2, 0) is 9.05 Å². The molecule has 1 fully saturated rings. The van der Waals surface area contributed by atoms with Gasteiger partial charge in [0.2, 0.25) is 0 Å². The van der Waals surface area contributed by atoms with E-state index in [-0.39, 0.29) is 0 Å². The number of rotatable bonds is 2.